The Morgan fingerprint density at radius 1 is 0.944 bits per heavy atom. The lowest BCUT2D eigenvalue weighted by atomic mass is 9.84. The Kier molecular flexibility index (Phi) is 8.40. The number of pyridine rings is 1. The van der Waals surface area contributed by atoms with Crippen molar-refractivity contribution in [1.29, 1.82) is 0 Å². The summed E-state index contributed by atoms with van der Waals surface area (Å²) in [5, 5.41) is 4.27. The summed E-state index contributed by atoms with van der Waals surface area (Å²) >= 11 is 0. The van der Waals surface area contributed by atoms with Crippen LogP contribution in [-0.2, 0) is 22.6 Å². The van der Waals surface area contributed by atoms with Crippen LogP contribution in [0.2, 0.25) is 0 Å². The molecule has 190 valence electrons. The standard InChI is InChI=1S/C31H39N3O2/c1-21(2)31(36)34(4)20-27-26(19-29(35)32-22(3)23-13-7-5-8-14-23)25-17-11-12-18-28(25)33-30(27)24-15-9-6-10-16-24/h6,9-12,15-18,21-23H,5,7-8,13-14,19-20H2,1-4H3,(H,32,35)/t22-/m0/s1. The van der Waals surface area contributed by atoms with Gasteiger partial charge in [0.25, 0.3) is 0 Å². The van der Waals surface area contributed by atoms with Gasteiger partial charge in [-0.25, -0.2) is 4.98 Å². The number of hydrogen-bond acceptors (Lipinski definition) is 3. The summed E-state index contributed by atoms with van der Waals surface area (Å²) in [6.45, 7) is 6.37. The zero-order valence-electron chi connectivity index (χ0n) is 22.1. The first-order valence-electron chi connectivity index (χ1n) is 13.4. The maximum atomic E-state index is 13.4. The predicted molar refractivity (Wildman–Crippen MR) is 146 cm³/mol. The summed E-state index contributed by atoms with van der Waals surface area (Å²) in [7, 11) is 1.83. The van der Waals surface area contributed by atoms with Gasteiger partial charge in [-0.05, 0) is 37.3 Å². The van der Waals surface area contributed by atoms with Crippen molar-refractivity contribution >= 4 is 22.7 Å². The van der Waals surface area contributed by atoms with Gasteiger partial charge in [0.2, 0.25) is 11.8 Å². The minimum Gasteiger partial charge on any atom is -0.353 e. The number of para-hydroxylation sites is 1. The minimum atomic E-state index is -0.105. The SMILES string of the molecule is CC(C)C(=O)N(C)Cc1c(-c2ccccc2)nc2ccccc2c1CC(=O)N[C@@H](C)C1CCCCC1. The number of aromatic nitrogens is 1. The second kappa shape index (κ2) is 11.7. The number of benzene rings is 2. The lowest BCUT2D eigenvalue weighted by Gasteiger charge is -2.28. The molecule has 1 fully saturated rings. The van der Waals surface area contributed by atoms with Gasteiger partial charge in [0, 0.05) is 42.1 Å². The number of amides is 2. The largest absolute Gasteiger partial charge is 0.353 e. The molecule has 1 N–H and O–H groups in total. The van der Waals surface area contributed by atoms with Crippen LogP contribution in [0.25, 0.3) is 22.2 Å². The molecule has 1 aliphatic rings. The van der Waals surface area contributed by atoms with Crippen LogP contribution in [0.5, 0.6) is 0 Å². The van der Waals surface area contributed by atoms with Gasteiger partial charge in [0.15, 0.2) is 0 Å². The Morgan fingerprint density at radius 3 is 2.31 bits per heavy atom. The van der Waals surface area contributed by atoms with E-state index in [1.165, 1.54) is 32.1 Å². The van der Waals surface area contributed by atoms with E-state index in [1.54, 1.807) is 4.90 Å². The van der Waals surface area contributed by atoms with E-state index in [9.17, 15) is 9.59 Å². The molecule has 0 radical (unpaired) electrons. The van der Waals surface area contributed by atoms with Crippen LogP contribution < -0.4 is 5.32 Å². The molecule has 1 atom stereocenters. The van der Waals surface area contributed by atoms with Crippen LogP contribution in [0.1, 0.15) is 64.0 Å². The molecule has 1 saturated carbocycles. The first-order chi connectivity index (χ1) is 17.3. The van der Waals surface area contributed by atoms with Gasteiger partial charge in [-0.3, -0.25) is 9.59 Å². The second-order valence-corrected chi connectivity index (χ2v) is 10.6. The van der Waals surface area contributed by atoms with Crippen molar-refractivity contribution in [3.63, 3.8) is 0 Å². The summed E-state index contributed by atoms with van der Waals surface area (Å²) in [5.41, 5.74) is 4.58. The second-order valence-electron chi connectivity index (χ2n) is 10.6. The van der Waals surface area contributed by atoms with Crippen molar-refractivity contribution in [1.82, 2.24) is 15.2 Å². The molecule has 3 aromatic rings. The first kappa shape index (κ1) is 25.9. The number of carbonyl (C=O) groups is 2. The van der Waals surface area contributed by atoms with Crippen LogP contribution in [0, 0.1) is 11.8 Å². The molecule has 1 aliphatic carbocycles. The average molecular weight is 486 g/mol. The van der Waals surface area contributed by atoms with E-state index in [-0.39, 0.29) is 30.2 Å². The van der Waals surface area contributed by atoms with E-state index < -0.39 is 0 Å². The zero-order chi connectivity index (χ0) is 25.7. The number of nitrogens with one attached hydrogen (secondary N) is 1. The van der Waals surface area contributed by atoms with E-state index in [4.69, 9.17) is 4.98 Å². The minimum absolute atomic E-state index is 0.0301. The highest BCUT2D eigenvalue weighted by molar-refractivity contribution is 5.92. The third-order valence-corrected chi connectivity index (χ3v) is 7.51. The molecule has 36 heavy (non-hydrogen) atoms. The Bertz CT molecular complexity index is 1200. The van der Waals surface area contributed by atoms with E-state index >= 15 is 0 Å². The lowest BCUT2D eigenvalue weighted by molar-refractivity contribution is -0.133. The maximum absolute atomic E-state index is 13.4. The molecule has 2 amide bonds. The molecule has 1 heterocycles. The molecule has 0 aliphatic heterocycles. The molecule has 5 heteroatoms. The molecule has 2 aromatic carbocycles. The average Bonchev–Trinajstić information content (AvgIpc) is 2.90. The molecule has 0 saturated heterocycles. The monoisotopic (exact) mass is 485 g/mol. The van der Waals surface area contributed by atoms with Crippen molar-refractivity contribution in [3.8, 4) is 11.3 Å². The molecular formula is C31H39N3O2. The highest BCUT2D eigenvalue weighted by Gasteiger charge is 2.25. The van der Waals surface area contributed by atoms with E-state index in [0.717, 1.165) is 33.3 Å². The number of carbonyl (C=O) groups excluding carboxylic acids is 2. The van der Waals surface area contributed by atoms with Gasteiger partial charge in [0.1, 0.15) is 0 Å². The summed E-state index contributed by atoms with van der Waals surface area (Å²) in [4.78, 5) is 33.1. The normalized spacial score (nSPS) is 15.1. The van der Waals surface area contributed by atoms with Crippen LogP contribution in [0.3, 0.4) is 0 Å². The highest BCUT2D eigenvalue weighted by Crippen LogP contribution is 2.32. The van der Waals surface area contributed by atoms with Crippen LogP contribution in [-0.4, -0.2) is 34.8 Å². The van der Waals surface area contributed by atoms with Crippen LogP contribution >= 0.6 is 0 Å². The van der Waals surface area contributed by atoms with Crippen molar-refractivity contribution in [3.05, 3.63) is 65.7 Å². The number of nitrogens with zero attached hydrogens (tertiary/aromatic N) is 2. The fraction of sp³-hybridized carbons (Fsp3) is 0.452. The smallest absolute Gasteiger partial charge is 0.225 e. The van der Waals surface area contributed by atoms with E-state index in [0.29, 0.717) is 12.5 Å². The summed E-state index contributed by atoms with van der Waals surface area (Å²) in [6, 6.07) is 18.2. The van der Waals surface area contributed by atoms with Gasteiger partial charge in [-0.2, -0.15) is 0 Å². The third kappa shape index (κ3) is 5.95. The van der Waals surface area contributed by atoms with E-state index in [2.05, 4.69) is 12.2 Å². The van der Waals surface area contributed by atoms with Crippen molar-refractivity contribution in [2.45, 2.75) is 71.9 Å². The Balaban J connectivity index is 1.75. The zero-order valence-corrected chi connectivity index (χ0v) is 22.1. The highest BCUT2D eigenvalue weighted by atomic mass is 16.2. The van der Waals surface area contributed by atoms with Gasteiger partial charge >= 0.3 is 0 Å². The van der Waals surface area contributed by atoms with Gasteiger partial charge in [0.05, 0.1) is 17.6 Å². The molecule has 5 nitrogen and oxygen atoms in total. The predicted octanol–water partition coefficient (Wildman–Crippen LogP) is 6.14. The van der Waals surface area contributed by atoms with Gasteiger partial charge < -0.3 is 10.2 Å². The number of hydrogen-bond donors (Lipinski definition) is 1. The number of rotatable bonds is 8. The quantitative estimate of drug-likeness (QED) is 0.417. The lowest BCUT2D eigenvalue weighted by Crippen LogP contribution is -2.40. The molecule has 1 aromatic heterocycles. The molecule has 0 spiro atoms. The van der Waals surface area contributed by atoms with Crippen LogP contribution in [0.15, 0.2) is 54.6 Å². The Hall–Kier alpha value is -3.21. The Morgan fingerprint density at radius 2 is 1.61 bits per heavy atom. The molecule has 4 rings (SSSR count). The van der Waals surface area contributed by atoms with Crippen molar-refractivity contribution in [2.75, 3.05) is 7.05 Å². The molecular weight excluding hydrogens is 446 g/mol. The number of fused-ring (bicyclic) bond motifs is 1. The fourth-order valence-electron chi connectivity index (χ4n) is 5.50. The molecule has 0 bridgehead atoms. The summed E-state index contributed by atoms with van der Waals surface area (Å²) in [6.07, 6.45) is 6.44. The Labute approximate surface area is 215 Å². The molecule has 0 unspecified atom stereocenters. The van der Waals surface area contributed by atoms with Gasteiger partial charge in [-0.1, -0.05) is 81.6 Å². The van der Waals surface area contributed by atoms with Gasteiger partial charge in [-0.15, -0.1) is 0 Å². The summed E-state index contributed by atoms with van der Waals surface area (Å²) in [5.74, 6) is 0.545. The third-order valence-electron chi connectivity index (χ3n) is 7.51. The van der Waals surface area contributed by atoms with Crippen molar-refractivity contribution in [2.24, 2.45) is 11.8 Å². The fourth-order valence-corrected chi connectivity index (χ4v) is 5.50. The topological polar surface area (TPSA) is 62.3 Å². The summed E-state index contributed by atoms with van der Waals surface area (Å²) < 4.78 is 0. The van der Waals surface area contributed by atoms with Crippen LogP contribution in [0.4, 0.5) is 0 Å². The van der Waals surface area contributed by atoms with E-state index in [1.807, 2.05) is 75.5 Å². The maximum Gasteiger partial charge on any atom is 0.225 e. The van der Waals surface area contributed by atoms with Crippen molar-refractivity contribution < 1.29 is 9.59 Å². The first-order valence-corrected chi connectivity index (χ1v) is 13.4.